The van der Waals surface area contributed by atoms with Gasteiger partial charge in [0.15, 0.2) is 0 Å². The summed E-state index contributed by atoms with van der Waals surface area (Å²) in [6.45, 7) is 9.53. The molecule has 5 rings (SSSR count). The lowest BCUT2D eigenvalue weighted by Crippen LogP contribution is -2.44. The van der Waals surface area contributed by atoms with Gasteiger partial charge in [-0.25, -0.2) is 4.99 Å². The number of aliphatic hydroxyl groups is 1. The summed E-state index contributed by atoms with van der Waals surface area (Å²) < 4.78 is 5.62. The third-order valence-electron chi connectivity index (χ3n) is 7.84. The van der Waals surface area contributed by atoms with Crippen LogP contribution in [0.25, 0.3) is 5.70 Å². The number of aliphatic hydroxyl groups excluding tert-OH is 1. The largest absolute Gasteiger partial charge is 0.496 e. The number of hydrogen-bond donors (Lipinski definition) is 2. The maximum Gasteiger partial charge on any atom is 0.140 e. The molecule has 0 atom stereocenters. The zero-order valence-electron chi connectivity index (χ0n) is 22.2. The Morgan fingerprint density at radius 1 is 1.17 bits per heavy atom. The molecule has 3 heterocycles. The van der Waals surface area contributed by atoms with E-state index >= 15 is 0 Å². The van der Waals surface area contributed by atoms with Gasteiger partial charge in [0.25, 0.3) is 0 Å². The van der Waals surface area contributed by atoms with E-state index < -0.39 is 0 Å². The van der Waals surface area contributed by atoms with Crippen LogP contribution in [-0.4, -0.2) is 60.1 Å². The monoisotopic (exact) mass is 488 g/mol. The van der Waals surface area contributed by atoms with Gasteiger partial charge in [0.2, 0.25) is 0 Å². The molecule has 0 radical (unpaired) electrons. The lowest BCUT2D eigenvalue weighted by Gasteiger charge is -2.40. The van der Waals surface area contributed by atoms with E-state index in [1.807, 2.05) is 0 Å². The number of fused-ring (bicyclic) bond motifs is 1. The SMILES string of the molecule is COc1ccc(C2=CC(=C3CCC3)N3C=C(N4CCC(NCCO)CC4)C=C(C)C3=N2)cc1C(C)C. The molecule has 6 heteroatoms. The molecule has 1 aromatic carbocycles. The van der Waals surface area contributed by atoms with Crippen molar-refractivity contribution in [3.63, 3.8) is 0 Å². The highest BCUT2D eigenvalue weighted by molar-refractivity contribution is 6.06. The van der Waals surface area contributed by atoms with Crippen LogP contribution in [0, 0.1) is 0 Å². The minimum atomic E-state index is 0.201. The number of aliphatic imine (C=N–C) groups is 1. The third-order valence-corrected chi connectivity index (χ3v) is 7.84. The first kappa shape index (κ1) is 24.8. The van der Waals surface area contributed by atoms with Crippen LogP contribution in [0.5, 0.6) is 5.75 Å². The standard InChI is InChI=1S/C30H40N4O2/c1-20(2)26-17-23(8-9-29(26)36-4)27-18-28(22-6-5-7-22)34-19-25(16-21(3)30(34)32-27)33-13-10-24(11-14-33)31-12-15-35/h8-9,16-20,24,31,35H,5-7,10-15H2,1-4H3. The highest BCUT2D eigenvalue weighted by Crippen LogP contribution is 2.39. The summed E-state index contributed by atoms with van der Waals surface area (Å²) in [6.07, 6.45) is 12.7. The predicted octanol–water partition coefficient (Wildman–Crippen LogP) is 5.16. The summed E-state index contributed by atoms with van der Waals surface area (Å²) in [5.41, 5.74) is 8.68. The lowest BCUT2D eigenvalue weighted by molar-refractivity contribution is 0.227. The summed E-state index contributed by atoms with van der Waals surface area (Å²) >= 11 is 0. The molecule has 4 aliphatic rings. The Bertz CT molecular complexity index is 1140. The van der Waals surface area contributed by atoms with Gasteiger partial charge in [0.05, 0.1) is 25.1 Å². The second kappa shape index (κ2) is 10.7. The number of rotatable bonds is 7. The fraction of sp³-hybridized carbons (Fsp3) is 0.500. The maximum absolute atomic E-state index is 9.12. The Labute approximate surface area is 215 Å². The van der Waals surface area contributed by atoms with Crippen LogP contribution in [0.1, 0.15) is 69.9 Å². The minimum absolute atomic E-state index is 0.201. The average Bonchev–Trinajstić information content (AvgIpc) is 2.86. The highest BCUT2D eigenvalue weighted by Gasteiger charge is 2.30. The molecule has 1 aromatic rings. The van der Waals surface area contributed by atoms with Gasteiger partial charge < -0.3 is 20.1 Å². The number of likely N-dealkylation sites (tertiary alicyclic amines) is 1. The molecule has 1 saturated carbocycles. The molecule has 0 bridgehead atoms. The number of nitrogens with one attached hydrogen (secondary N) is 1. The fourth-order valence-corrected chi connectivity index (χ4v) is 5.54. The van der Waals surface area contributed by atoms with Crippen LogP contribution >= 0.6 is 0 Å². The number of hydrogen-bond acceptors (Lipinski definition) is 6. The number of amidine groups is 1. The van der Waals surface area contributed by atoms with Gasteiger partial charge in [0, 0.05) is 43.1 Å². The predicted molar refractivity (Wildman–Crippen MR) is 147 cm³/mol. The second-order valence-corrected chi connectivity index (χ2v) is 10.6. The van der Waals surface area contributed by atoms with Crippen molar-refractivity contribution >= 4 is 11.5 Å². The summed E-state index contributed by atoms with van der Waals surface area (Å²) in [7, 11) is 1.74. The quantitative estimate of drug-likeness (QED) is 0.555. The molecule has 0 unspecified atom stereocenters. The molecule has 2 fully saturated rings. The molecule has 0 spiro atoms. The van der Waals surface area contributed by atoms with Crippen molar-refractivity contribution in [3.8, 4) is 5.75 Å². The Balaban J connectivity index is 1.45. The van der Waals surface area contributed by atoms with E-state index in [0.717, 1.165) is 61.6 Å². The first-order valence-corrected chi connectivity index (χ1v) is 13.5. The van der Waals surface area contributed by atoms with Crippen LogP contribution in [-0.2, 0) is 0 Å². The van der Waals surface area contributed by atoms with E-state index in [4.69, 9.17) is 14.8 Å². The normalized spacial score (nSPS) is 20.5. The van der Waals surface area contributed by atoms with Crippen molar-refractivity contribution < 1.29 is 9.84 Å². The van der Waals surface area contributed by atoms with Gasteiger partial charge in [-0.2, -0.15) is 0 Å². The Hall–Kier alpha value is -2.83. The Kier molecular flexibility index (Phi) is 7.35. The van der Waals surface area contributed by atoms with Crippen molar-refractivity contribution in [2.75, 3.05) is 33.4 Å². The van der Waals surface area contributed by atoms with E-state index in [9.17, 15) is 0 Å². The van der Waals surface area contributed by atoms with Crippen molar-refractivity contribution in [3.05, 3.63) is 70.2 Å². The maximum atomic E-state index is 9.12. The molecule has 0 aromatic heterocycles. The van der Waals surface area contributed by atoms with E-state index in [1.54, 1.807) is 7.11 Å². The van der Waals surface area contributed by atoms with E-state index in [0.29, 0.717) is 18.5 Å². The van der Waals surface area contributed by atoms with E-state index in [-0.39, 0.29) is 6.61 Å². The van der Waals surface area contributed by atoms with Crippen LogP contribution in [0.15, 0.2) is 64.1 Å². The number of allylic oxidation sites excluding steroid dienone is 3. The van der Waals surface area contributed by atoms with Crippen molar-refractivity contribution in [1.29, 1.82) is 0 Å². The summed E-state index contributed by atoms with van der Waals surface area (Å²) in [5, 5.41) is 12.6. The summed E-state index contributed by atoms with van der Waals surface area (Å²) in [6, 6.07) is 6.95. The molecular weight excluding hydrogens is 448 g/mol. The van der Waals surface area contributed by atoms with Crippen LogP contribution in [0.2, 0.25) is 0 Å². The first-order chi connectivity index (χ1) is 17.5. The molecule has 2 N–H and O–H groups in total. The van der Waals surface area contributed by atoms with Crippen LogP contribution in [0.4, 0.5) is 0 Å². The second-order valence-electron chi connectivity index (χ2n) is 10.6. The molecule has 3 aliphatic heterocycles. The molecule has 36 heavy (non-hydrogen) atoms. The number of piperidine rings is 1. The topological polar surface area (TPSA) is 60.3 Å². The highest BCUT2D eigenvalue weighted by atomic mass is 16.5. The first-order valence-electron chi connectivity index (χ1n) is 13.5. The summed E-state index contributed by atoms with van der Waals surface area (Å²) in [4.78, 5) is 10.0. The van der Waals surface area contributed by atoms with Crippen LogP contribution in [0.3, 0.4) is 0 Å². The number of ether oxygens (including phenoxy) is 1. The van der Waals surface area contributed by atoms with Crippen molar-refractivity contribution in [2.24, 2.45) is 4.99 Å². The molecular formula is C30H40N4O2. The van der Waals surface area contributed by atoms with Crippen molar-refractivity contribution in [1.82, 2.24) is 15.1 Å². The van der Waals surface area contributed by atoms with Gasteiger partial charge in [-0.1, -0.05) is 13.8 Å². The lowest BCUT2D eigenvalue weighted by atomic mass is 9.88. The van der Waals surface area contributed by atoms with Gasteiger partial charge >= 0.3 is 0 Å². The van der Waals surface area contributed by atoms with E-state index in [2.05, 4.69) is 72.4 Å². The van der Waals surface area contributed by atoms with E-state index in [1.165, 1.54) is 34.5 Å². The smallest absolute Gasteiger partial charge is 0.140 e. The number of benzene rings is 1. The van der Waals surface area contributed by atoms with Gasteiger partial charge in [-0.3, -0.25) is 4.90 Å². The number of nitrogens with zero attached hydrogens (tertiary/aromatic N) is 3. The molecule has 0 amide bonds. The zero-order chi connectivity index (χ0) is 25.2. The zero-order valence-corrected chi connectivity index (χ0v) is 22.2. The van der Waals surface area contributed by atoms with Gasteiger partial charge in [-0.15, -0.1) is 0 Å². The number of methoxy groups -OCH3 is 1. The Morgan fingerprint density at radius 2 is 1.94 bits per heavy atom. The molecule has 6 nitrogen and oxygen atoms in total. The third kappa shape index (κ3) is 4.89. The minimum Gasteiger partial charge on any atom is -0.496 e. The Morgan fingerprint density at radius 3 is 2.58 bits per heavy atom. The van der Waals surface area contributed by atoms with Gasteiger partial charge in [0.1, 0.15) is 11.6 Å². The summed E-state index contributed by atoms with van der Waals surface area (Å²) in [5.74, 6) is 2.35. The average molecular weight is 489 g/mol. The fourth-order valence-electron chi connectivity index (χ4n) is 5.54. The molecule has 1 saturated heterocycles. The van der Waals surface area contributed by atoms with Gasteiger partial charge in [-0.05, 0) is 92.0 Å². The van der Waals surface area contributed by atoms with Crippen molar-refractivity contribution in [2.45, 2.75) is 64.8 Å². The molecule has 1 aliphatic carbocycles. The van der Waals surface area contributed by atoms with Crippen LogP contribution < -0.4 is 10.1 Å². The molecule has 192 valence electrons.